The summed E-state index contributed by atoms with van der Waals surface area (Å²) in [7, 11) is 0. The first-order chi connectivity index (χ1) is 9.31. The Morgan fingerprint density at radius 3 is 1.95 bits per heavy atom. The zero-order chi connectivity index (χ0) is 15.3. The number of carbonyl (C=O) groups is 4. The minimum atomic E-state index is -1.22. The van der Waals surface area contributed by atoms with E-state index in [-0.39, 0.29) is 5.91 Å². The molecule has 3 N–H and O–H groups in total. The molecular formula is C11H18N4O5. The Morgan fingerprint density at radius 1 is 1.05 bits per heavy atom. The number of primary amides is 1. The number of nitrogens with two attached hydrogens (primary N) is 1. The van der Waals surface area contributed by atoms with E-state index in [4.69, 9.17) is 10.8 Å². The number of hydrogen-bond donors (Lipinski definition) is 2. The van der Waals surface area contributed by atoms with Crippen molar-refractivity contribution in [2.45, 2.75) is 6.92 Å². The molecule has 1 aliphatic heterocycles. The number of aliphatic carboxylic acids is 1. The molecule has 0 atom stereocenters. The van der Waals surface area contributed by atoms with Crippen molar-refractivity contribution in [3.8, 4) is 0 Å². The predicted octanol–water partition coefficient (Wildman–Crippen LogP) is -1.86. The number of carboxylic acid groups (broad SMARTS) is 1. The smallest absolute Gasteiger partial charge is 0.323 e. The maximum Gasteiger partial charge on any atom is 0.323 e. The number of rotatable bonds is 4. The Labute approximate surface area is 115 Å². The second-order valence-corrected chi connectivity index (χ2v) is 4.49. The van der Waals surface area contributed by atoms with Gasteiger partial charge in [0, 0.05) is 33.1 Å². The van der Waals surface area contributed by atoms with Crippen molar-refractivity contribution in [2.24, 2.45) is 5.73 Å². The molecule has 4 amide bonds. The molecule has 0 aromatic rings. The van der Waals surface area contributed by atoms with Gasteiger partial charge in [0.15, 0.2) is 0 Å². The van der Waals surface area contributed by atoms with E-state index in [1.54, 1.807) is 4.90 Å². The number of nitrogens with zero attached hydrogens (tertiary/aromatic N) is 3. The standard InChI is InChI=1S/C11H18N4O5/c1-8(16)13-2-4-14(5-3-13)11(20)15(6-9(12)17)7-10(18)19/h2-7H2,1H3,(H2,12,17)(H,18,19). The average Bonchev–Trinajstić information content (AvgIpc) is 2.36. The third-order valence-corrected chi connectivity index (χ3v) is 2.94. The monoisotopic (exact) mass is 286 g/mol. The van der Waals surface area contributed by atoms with E-state index in [0.29, 0.717) is 26.2 Å². The number of carbonyl (C=O) groups excluding carboxylic acids is 3. The molecule has 1 rings (SSSR count). The van der Waals surface area contributed by atoms with Gasteiger partial charge in [-0.3, -0.25) is 14.4 Å². The first-order valence-electron chi connectivity index (χ1n) is 6.10. The molecule has 20 heavy (non-hydrogen) atoms. The summed E-state index contributed by atoms with van der Waals surface area (Å²) < 4.78 is 0. The maximum absolute atomic E-state index is 12.1. The predicted molar refractivity (Wildman–Crippen MR) is 67.6 cm³/mol. The van der Waals surface area contributed by atoms with Gasteiger partial charge in [0.25, 0.3) is 0 Å². The molecular weight excluding hydrogens is 268 g/mol. The van der Waals surface area contributed by atoms with E-state index in [9.17, 15) is 19.2 Å². The van der Waals surface area contributed by atoms with Crippen molar-refractivity contribution in [1.29, 1.82) is 0 Å². The van der Waals surface area contributed by atoms with E-state index in [1.165, 1.54) is 11.8 Å². The number of hydrogen-bond acceptors (Lipinski definition) is 4. The molecule has 0 bridgehead atoms. The highest BCUT2D eigenvalue weighted by Gasteiger charge is 2.27. The zero-order valence-corrected chi connectivity index (χ0v) is 11.2. The molecule has 9 nitrogen and oxygen atoms in total. The highest BCUT2D eigenvalue weighted by Crippen LogP contribution is 2.06. The van der Waals surface area contributed by atoms with Gasteiger partial charge >= 0.3 is 12.0 Å². The molecule has 0 saturated carbocycles. The molecule has 0 radical (unpaired) electrons. The van der Waals surface area contributed by atoms with Crippen LogP contribution in [-0.4, -0.2) is 82.9 Å². The third-order valence-electron chi connectivity index (χ3n) is 2.94. The summed E-state index contributed by atoms with van der Waals surface area (Å²) in [6.07, 6.45) is 0. The molecule has 0 aliphatic carbocycles. The molecule has 1 saturated heterocycles. The van der Waals surface area contributed by atoms with Gasteiger partial charge in [-0.05, 0) is 0 Å². The van der Waals surface area contributed by atoms with Crippen molar-refractivity contribution in [3.63, 3.8) is 0 Å². The topological polar surface area (TPSA) is 124 Å². The van der Waals surface area contributed by atoms with Crippen molar-refractivity contribution in [1.82, 2.24) is 14.7 Å². The van der Waals surface area contributed by atoms with Crippen molar-refractivity contribution < 1.29 is 24.3 Å². The number of carboxylic acids is 1. The van der Waals surface area contributed by atoms with Crippen LogP contribution < -0.4 is 5.73 Å². The first kappa shape index (κ1) is 15.7. The van der Waals surface area contributed by atoms with Crippen molar-refractivity contribution in [2.75, 3.05) is 39.3 Å². The van der Waals surface area contributed by atoms with E-state index >= 15 is 0 Å². The highest BCUT2D eigenvalue weighted by molar-refractivity contribution is 5.86. The Hall–Kier alpha value is -2.32. The molecule has 1 fully saturated rings. The Kier molecular flexibility index (Phi) is 5.30. The minimum absolute atomic E-state index is 0.0726. The van der Waals surface area contributed by atoms with Crippen LogP contribution in [0.1, 0.15) is 6.92 Å². The molecule has 1 heterocycles. The van der Waals surface area contributed by atoms with E-state index in [0.717, 1.165) is 4.90 Å². The van der Waals surface area contributed by atoms with Crippen LogP contribution in [0.15, 0.2) is 0 Å². The van der Waals surface area contributed by atoms with E-state index in [1.807, 2.05) is 0 Å². The summed E-state index contributed by atoms with van der Waals surface area (Å²) in [6, 6.07) is -0.561. The fourth-order valence-electron chi connectivity index (χ4n) is 1.96. The average molecular weight is 286 g/mol. The van der Waals surface area contributed by atoms with Gasteiger partial charge in [-0.1, -0.05) is 0 Å². The highest BCUT2D eigenvalue weighted by atomic mass is 16.4. The normalized spacial score (nSPS) is 14.8. The largest absolute Gasteiger partial charge is 0.480 e. The summed E-state index contributed by atoms with van der Waals surface area (Å²) in [6.45, 7) is 1.78. The molecule has 0 spiro atoms. The van der Waals surface area contributed by atoms with E-state index < -0.39 is 31.0 Å². The van der Waals surface area contributed by atoms with Crippen molar-refractivity contribution in [3.05, 3.63) is 0 Å². The second kappa shape index (κ2) is 6.73. The van der Waals surface area contributed by atoms with Gasteiger partial charge in [0.2, 0.25) is 11.8 Å². The van der Waals surface area contributed by atoms with Gasteiger partial charge < -0.3 is 25.5 Å². The lowest BCUT2D eigenvalue weighted by Gasteiger charge is -2.36. The van der Waals surface area contributed by atoms with Gasteiger partial charge in [-0.2, -0.15) is 0 Å². The van der Waals surface area contributed by atoms with E-state index in [2.05, 4.69) is 0 Å². The number of amides is 4. The second-order valence-electron chi connectivity index (χ2n) is 4.49. The van der Waals surface area contributed by atoms with Crippen LogP contribution in [0.3, 0.4) is 0 Å². The summed E-state index contributed by atoms with van der Waals surface area (Å²) in [5, 5.41) is 8.74. The maximum atomic E-state index is 12.1. The van der Waals surface area contributed by atoms with Crippen LogP contribution in [0, 0.1) is 0 Å². The third kappa shape index (κ3) is 4.41. The first-order valence-corrected chi connectivity index (χ1v) is 6.10. The summed E-state index contributed by atoms with van der Waals surface area (Å²) >= 11 is 0. The molecule has 0 aromatic carbocycles. The van der Waals surface area contributed by atoms with Crippen LogP contribution >= 0.6 is 0 Å². The number of piperazine rings is 1. The summed E-state index contributed by atoms with van der Waals surface area (Å²) in [5.74, 6) is -2.07. The summed E-state index contributed by atoms with van der Waals surface area (Å²) in [5.41, 5.74) is 5.00. The SMILES string of the molecule is CC(=O)N1CCN(C(=O)N(CC(N)=O)CC(=O)O)CC1. The fraction of sp³-hybridized carbons (Fsp3) is 0.636. The van der Waals surface area contributed by atoms with Gasteiger partial charge in [0.05, 0.1) is 0 Å². The van der Waals surface area contributed by atoms with Crippen LogP contribution in [0.2, 0.25) is 0 Å². The zero-order valence-electron chi connectivity index (χ0n) is 11.2. The lowest BCUT2D eigenvalue weighted by molar-refractivity contribution is -0.138. The minimum Gasteiger partial charge on any atom is -0.480 e. The van der Waals surface area contributed by atoms with Crippen LogP contribution in [-0.2, 0) is 14.4 Å². The molecule has 112 valence electrons. The molecule has 0 aromatic heterocycles. The quantitative estimate of drug-likeness (QED) is 0.627. The molecule has 0 unspecified atom stereocenters. The Balaban J connectivity index is 2.63. The van der Waals surface area contributed by atoms with Crippen LogP contribution in [0.5, 0.6) is 0 Å². The lowest BCUT2D eigenvalue weighted by atomic mass is 10.3. The molecule has 1 aliphatic rings. The number of urea groups is 1. The van der Waals surface area contributed by atoms with Crippen molar-refractivity contribution >= 4 is 23.8 Å². The van der Waals surface area contributed by atoms with Gasteiger partial charge in [-0.25, -0.2) is 4.79 Å². The van der Waals surface area contributed by atoms with Gasteiger partial charge in [-0.15, -0.1) is 0 Å². The lowest BCUT2D eigenvalue weighted by Crippen LogP contribution is -2.55. The fourth-order valence-corrected chi connectivity index (χ4v) is 1.96. The van der Waals surface area contributed by atoms with Crippen LogP contribution in [0.4, 0.5) is 4.79 Å². The molecule has 9 heteroatoms. The van der Waals surface area contributed by atoms with Crippen LogP contribution in [0.25, 0.3) is 0 Å². The van der Waals surface area contributed by atoms with Gasteiger partial charge in [0.1, 0.15) is 13.1 Å². The summed E-state index contributed by atoms with van der Waals surface area (Å²) in [4.78, 5) is 48.8. The Morgan fingerprint density at radius 2 is 1.55 bits per heavy atom. The Bertz CT molecular complexity index is 401.